The fourth-order valence-electron chi connectivity index (χ4n) is 1.87. The van der Waals surface area contributed by atoms with Gasteiger partial charge in [0.15, 0.2) is 0 Å². The van der Waals surface area contributed by atoms with Gasteiger partial charge in [0.2, 0.25) is 0 Å². The van der Waals surface area contributed by atoms with Crippen LogP contribution in [0.25, 0.3) is 0 Å². The molecule has 2 aromatic rings. The topological polar surface area (TPSA) is 52.9 Å². The van der Waals surface area contributed by atoms with Crippen LogP contribution in [0, 0.1) is 18.3 Å². The molecule has 0 aromatic heterocycles. The van der Waals surface area contributed by atoms with Crippen molar-refractivity contribution in [3.8, 4) is 6.07 Å². The van der Waals surface area contributed by atoms with Crippen molar-refractivity contribution in [2.24, 2.45) is 0 Å². The van der Waals surface area contributed by atoms with E-state index >= 15 is 0 Å². The maximum Gasteiger partial charge on any atom is 0.253 e. The molecular weight excluding hydrogens is 316 g/mol. The highest BCUT2D eigenvalue weighted by molar-refractivity contribution is 9.10. The van der Waals surface area contributed by atoms with Crippen molar-refractivity contribution in [1.29, 1.82) is 5.26 Å². The van der Waals surface area contributed by atoms with Crippen molar-refractivity contribution in [3.63, 3.8) is 0 Å². The first kappa shape index (κ1) is 14.3. The van der Waals surface area contributed by atoms with Crippen LogP contribution < -0.4 is 5.32 Å². The molecule has 0 bridgehead atoms. The van der Waals surface area contributed by atoms with Gasteiger partial charge in [-0.15, -0.1) is 0 Å². The van der Waals surface area contributed by atoms with Crippen molar-refractivity contribution >= 4 is 21.8 Å². The Bertz CT molecular complexity index is 662. The standard InChI is InChI=1S/C16H13BrN2O/c1-11-6-5-9-13(15(11)17)16(20)19-14(10-18)12-7-3-2-4-8-12/h2-9,14H,1H3,(H,19,20). The second-order valence-electron chi connectivity index (χ2n) is 4.38. The van der Waals surface area contributed by atoms with E-state index in [1.54, 1.807) is 6.07 Å². The number of carbonyl (C=O) groups is 1. The van der Waals surface area contributed by atoms with E-state index in [1.807, 2.05) is 49.4 Å². The van der Waals surface area contributed by atoms with E-state index in [9.17, 15) is 10.1 Å². The summed E-state index contributed by atoms with van der Waals surface area (Å²) in [4.78, 5) is 12.3. The van der Waals surface area contributed by atoms with Gasteiger partial charge in [-0.1, -0.05) is 42.5 Å². The minimum Gasteiger partial charge on any atom is -0.332 e. The van der Waals surface area contributed by atoms with Crippen molar-refractivity contribution < 1.29 is 4.79 Å². The number of carbonyl (C=O) groups excluding carboxylic acids is 1. The molecule has 1 atom stereocenters. The Labute approximate surface area is 126 Å². The first-order chi connectivity index (χ1) is 9.63. The van der Waals surface area contributed by atoms with Crippen LogP contribution in [-0.4, -0.2) is 5.91 Å². The van der Waals surface area contributed by atoms with Gasteiger partial charge in [0.1, 0.15) is 6.04 Å². The Balaban J connectivity index is 2.23. The lowest BCUT2D eigenvalue weighted by atomic mass is 10.1. The molecule has 0 saturated carbocycles. The quantitative estimate of drug-likeness (QED) is 0.932. The number of hydrogen-bond acceptors (Lipinski definition) is 2. The minimum absolute atomic E-state index is 0.268. The predicted molar refractivity (Wildman–Crippen MR) is 81.1 cm³/mol. The summed E-state index contributed by atoms with van der Waals surface area (Å²) < 4.78 is 0.752. The SMILES string of the molecule is Cc1cccc(C(=O)NC(C#N)c2ccccc2)c1Br. The molecular formula is C16H13BrN2O. The normalized spacial score (nSPS) is 11.4. The van der Waals surface area contributed by atoms with Crippen LogP contribution in [0.15, 0.2) is 53.0 Å². The van der Waals surface area contributed by atoms with Gasteiger partial charge < -0.3 is 5.32 Å². The Morgan fingerprint density at radius 3 is 2.55 bits per heavy atom. The van der Waals surface area contributed by atoms with E-state index in [0.717, 1.165) is 15.6 Å². The van der Waals surface area contributed by atoms with Crippen LogP contribution in [0.2, 0.25) is 0 Å². The monoisotopic (exact) mass is 328 g/mol. The largest absolute Gasteiger partial charge is 0.332 e. The summed E-state index contributed by atoms with van der Waals surface area (Å²) in [6, 6.07) is 16.1. The molecule has 0 heterocycles. The molecule has 3 nitrogen and oxygen atoms in total. The lowest BCUT2D eigenvalue weighted by molar-refractivity contribution is 0.0944. The molecule has 0 aliphatic rings. The zero-order valence-corrected chi connectivity index (χ0v) is 12.5. The van der Waals surface area contributed by atoms with E-state index in [1.165, 1.54) is 0 Å². The molecule has 0 aliphatic heterocycles. The molecule has 100 valence electrons. The van der Waals surface area contributed by atoms with Crippen LogP contribution in [0.5, 0.6) is 0 Å². The average molecular weight is 329 g/mol. The van der Waals surface area contributed by atoms with E-state index in [0.29, 0.717) is 5.56 Å². The predicted octanol–water partition coefficient (Wildman–Crippen LogP) is 3.75. The number of benzene rings is 2. The smallest absolute Gasteiger partial charge is 0.253 e. The third-order valence-corrected chi connectivity index (χ3v) is 4.03. The highest BCUT2D eigenvalue weighted by Crippen LogP contribution is 2.22. The second kappa shape index (κ2) is 6.36. The molecule has 2 rings (SSSR count). The number of hydrogen-bond donors (Lipinski definition) is 1. The summed E-state index contributed by atoms with van der Waals surface area (Å²) in [5.41, 5.74) is 2.28. The molecule has 2 aromatic carbocycles. The zero-order chi connectivity index (χ0) is 14.5. The van der Waals surface area contributed by atoms with Crippen LogP contribution in [0.3, 0.4) is 0 Å². The van der Waals surface area contributed by atoms with E-state index in [2.05, 4.69) is 27.3 Å². The fraction of sp³-hybridized carbons (Fsp3) is 0.125. The average Bonchev–Trinajstić information content (AvgIpc) is 2.48. The highest BCUT2D eigenvalue weighted by atomic mass is 79.9. The Morgan fingerprint density at radius 2 is 1.90 bits per heavy atom. The van der Waals surface area contributed by atoms with Gasteiger partial charge in [-0.3, -0.25) is 4.79 Å². The Morgan fingerprint density at radius 1 is 1.20 bits per heavy atom. The number of halogens is 1. The number of nitrogens with one attached hydrogen (secondary N) is 1. The van der Waals surface area contributed by atoms with Gasteiger partial charge >= 0.3 is 0 Å². The van der Waals surface area contributed by atoms with Gasteiger partial charge in [0.05, 0.1) is 11.6 Å². The first-order valence-corrected chi connectivity index (χ1v) is 6.93. The molecule has 20 heavy (non-hydrogen) atoms. The lowest BCUT2D eigenvalue weighted by Gasteiger charge is -2.13. The van der Waals surface area contributed by atoms with Crippen molar-refractivity contribution in [2.75, 3.05) is 0 Å². The van der Waals surface area contributed by atoms with Gasteiger partial charge in [-0.2, -0.15) is 5.26 Å². The number of amides is 1. The van der Waals surface area contributed by atoms with Crippen LogP contribution in [-0.2, 0) is 0 Å². The molecule has 1 unspecified atom stereocenters. The maximum absolute atomic E-state index is 12.3. The molecule has 0 radical (unpaired) electrons. The molecule has 0 spiro atoms. The fourth-order valence-corrected chi connectivity index (χ4v) is 2.31. The second-order valence-corrected chi connectivity index (χ2v) is 5.18. The molecule has 1 N–H and O–H groups in total. The van der Waals surface area contributed by atoms with Crippen LogP contribution in [0.4, 0.5) is 0 Å². The third-order valence-electron chi connectivity index (χ3n) is 2.97. The molecule has 0 saturated heterocycles. The maximum atomic E-state index is 12.3. The van der Waals surface area contributed by atoms with E-state index in [-0.39, 0.29) is 5.91 Å². The molecule has 0 aliphatic carbocycles. The third kappa shape index (κ3) is 3.06. The van der Waals surface area contributed by atoms with Crippen molar-refractivity contribution in [3.05, 3.63) is 69.7 Å². The summed E-state index contributed by atoms with van der Waals surface area (Å²) in [6.07, 6.45) is 0. The zero-order valence-electron chi connectivity index (χ0n) is 10.9. The summed E-state index contributed by atoms with van der Waals surface area (Å²) in [7, 11) is 0. The minimum atomic E-state index is -0.656. The van der Waals surface area contributed by atoms with Gasteiger partial charge in [0, 0.05) is 4.47 Å². The molecule has 1 amide bonds. The number of nitrogens with zero attached hydrogens (tertiary/aromatic N) is 1. The van der Waals surface area contributed by atoms with E-state index in [4.69, 9.17) is 0 Å². The number of aryl methyl sites for hydroxylation is 1. The highest BCUT2D eigenvalue weighted by Gasteiger charge is 2.17. The summed E-state index contributed by atoms with van der Waals surface area (Å²) in [5.74, 6) is -0.268. The van der Waals surface area contributed by atoms with Crippen molar-refractivity contribution in [2.45, 2.75) is 13.0 Å². The summed E-state index contributed by atoms with van der Waals surface area (Å²) in [5, 5.41) is 12.0. The Hall–Kier alpha value is -2.12. The lowest BCUT2D eigenvalue weighted by Crippen LogP contribution is -2.28. The van der Waals surface area contributed by atoms with Gasteiger partial charge in [-0.25, -0.2) is 0 Å². The van der Waals surface area contributed by atoms with Gasteiger partial charge in [-0.05, 0) is 40.0 Å². The van der Waals surface area contributed by atoms with E-state index < -0.39 is 6.04 Å². The number of nitriles is 1. The number of rotatable bonds is 3. The summed E-state index contributed by atoms with van der Waals surface area (Å²) >= 11 is 3.41. The van der Waals surface area contributed by atoms with Crippen LogP contribution >= 0.6 is 15.9 Å². The van der Waals surface area contributed by atoms with Crippen molar-refractivity contribution in [1.82, 2.24) is 5.32 Å². The van der Waals surface area contributed by atoms with Crippen LogP contribution in [0.1, 0.15) is 27.5 Å². The Kier molecular flexibility index (Phi) is 4.54. The molecule has 0 fully saturated rings. The first-order valence-electron chi connectivity index (χ1n) is 6.14. The molecule has 4 heteroatoms. The van der Waals surface area contributed by atoms with Gasteiger partial charge in [0.25, 0.3) is 5.91 Å². The summed E-state index contributed by atoms with van der Waals surface area (Å²) in [6.45, 7) is 1.92.